The number of carbonyl (C=O) groups excluding carboxylic acids is 1. The predicted molar refractivity (Wildman–Crippen MR) is 114 cm³/mol. The Hall–Kier alpha value is -2.66. The van der Waals surface area contributed by atoms with Gasteiger partial charge in [0.15, 0.2) is 0 Å². The van der Waals surface area contributed by atoms with Gasteiger partial charge in [0.1, 0.15) is 11.5 Å². The SMILES string of the molecule is Cc1ccccc1C1=CCN(C(=O)c2cccc(N3CCN(C)CC3)n2)CC1. The molecule has 5 heteroatoms. The van der Waals surface area contributed by atoms with E-state index >= 15 is 0 Å². The fourth-order valence-corrected chi connectivity index (χ4v) is 3.95. The standard InChI is InChI=1S/C23H28N4O/c1-18-6-3-4-7-20(18)19-10-12-27(13-11-19)23(28)21-8-5-9-22(24-21)26-16-14-25(2)15-17-26/h3-10H,11-17H2,1-2H3. The first-order chi connectivity index (χ1) is 13.6. The Morgan fingerprint density at radius 2 is 1.75 bits per heavy atom. The van der Waals surface area contributed by atoms with E-state index in [0.717, 1.165) is 45.0 Å². The van der Waals surface area contributed by atoms with E-state index in [-0.39, 0.29) is 5.91 Å². The first-order valence-corrected chi connectivity index (χ1v) is 10.1. The van der Waals surface area contributed by atoms with Gasteiger partial charge in [-0.25, -0.2) is 4.98 Å². The molecule has 0 unspecified atom stereocenters. The molecule has 1 amide bonds. The Bertz CT molecular complexity index is 884. The van der Waals surface area contributed by atoms with Crippen LogP contribution in [0.15, 0.2) is 48.5 Å². The van der Waals surface area contributed by atoms with Crippen molar-refractivity contribution >= 4 is 17.3 Å². The Labute approximate surface area is 167 Å². The molecular formula is C23H28N4O. The minimum Gasteiger partial charge on any atom is -0.354 e. The molecule has 146 valence electrons. The molecule has 28 heavy (non-hydrogen) atoms. The first kappa shape index (κ1) is 18.7. The molecule has 0 spiro atoms. The highest BCUT2D eigenvalue weighted by molar-refractivity contribution is 5.93. The number of hydrogen-bond donors (Lipinski definition) is 0. The van der Waals surface area contributed by atoms with Crippen molar-refractivity contribution in [2.24, 2.45) is 0 Å². The summed E-state index contributed by atoms with van der Waals surface area (Å²) in [6, 6.07) is 14.2. The molecule has 4 rings (SSSR count). The van der Waals surface area contributed by atoms with Crippen LogP contribution in [0.4, 0.5) is 5.82 Å². The quantitative estimate of drug-likeness (QED) is 0.825. The fourth-order valence-electron chi connectivity index (χ4n) is 3.95. The summed E-state index contributed by atoms with van der Waals surface area (Å²) in [6.07, 6.45) is 3.07. The lowest BCUT2D eigenvalue weighted by molar-refractivity contribution is 0.0767. The van der Waals surface area contributed by atoms with Crippen molar-refractivity contribution in [2.75, 3.05) is 51.2 Å². The van der Waals surface area contributed by atoms with Crippen LogP contribution in [0.25, 0.3) is 5.57 Å². The zero-order valence-corrected chi connectivity index (χ0v) is 16.8. The van der Waals surface area contributed by atoms with Crippen molar-refractivity contribution in [3.8, 4) is 0 Å². The van der Waals surface area contributed by atoms with Crippen LogP contribution in [-0.2, 0) is 0 Å². The molecule has 0 N–H and O–H groups in total. The van der Waals surface area contributed by atoms with Gasteiger partial charge in [0.2, 0.25) is 0 Å². The van der Waals surface area contributed by atoms with Crippen LogP contribution in [0, 0.1) is 6.92 Å². The summed E-state index contributed by atoms with van der Waals surface area (Å²) >= 11 is 0. The van der Waals surface area contributed by atoms with Crippen molar-refractivity contribution in [2.45, 2.75) is 13.3 Å². The van der Waals surface area contributed by atoms with Crippen molar-refractivity contribution in [3.63, 3.8) is 0 Å². The average Bonchev–Trinajstić information content (AvgIpc) is 2.74. The lowest BCUT2D eigenvalue weighted by Gasteiger charge is -2.33. The van der Waals surface area contributed by atoms with Gasteiger partial charge < -0.3 is 14.7 Å². The van der Waals surface area contributed by atoms with E-state index in [0.29, 0.717) is 12.2 Å². The predicted octanol–water partition coefficient (Wildman–Crippen LogP) is 3.07. The minimum atomic E-state index is 0.0241. The van der Waals surface area contributed by atoms with Gasteiger partial charge >= 0.3 is 0 Å². The van der Waals surface area contributed by atoms with Gasteiger partial charge in [0.05, 0.1) is 0 Å². The second-order valence-electron chi connectivity index (χ2n) is 7.72. The highest BCUT2D eigenvalue weighted by Gasteiger charge is 2.22. The molecule has 1 aromatic carbocycles. The van der Waals surface area contributed by atoms with Gasteiger partial charge in [0.25, 0.3) is 5.91 Å². The number of amides is 1. The van der Waals surface area contributed by atoms with Crippen LogP contribution >= 0.6 is 0 Å². The van der Waals surface area contributed by atoms with Crippen molar-refractivity contribution in [1.29, 1.82) is 0 Å². The van der Waals surface area contributed by atoms with E-state index in [2.05, 4.69) is 59.1 Å². The molecule has 0 atom stereocenters. The highest BCUT2D eigenvalue weighted by atomic mass is 16.2. The molecule has 0 bridgehead atoms. The number of rotatable bonds is 3. The highest BCUT2D eigenvalue weighted by Crippen LogP contribution is 2.25. The first-order valence-electron chi connectivity index (χ1n) is 10.1. The number of nitrogens with zero attached hydrogens (tertiary/aromatic N) is 4. The molecular weight excluding hydrogens is 348 g/mol. The van der Waals surface area contributed by atoms with E-state index in [1.54, 1.807) is 0 Å². The molecule has 0 radical (unpaired) electrons. The Morgan fingerprint density at radius 3 is 2.46 bits per heavy atom. The number of anilines is 1. The third-order valence-corrected chi connectivity index (χ3v) is 5.77. The van der Waals surface area contributed by atoms with E-state index in [9.17, 15) is 4.79 Å². The van der Waals surface area contributed by atoms with Gasteiger partial charge in [-0.15, -0.1) is 0 Å². The molecule has 5 nitrogen and oxygen atoms in total. The van der Waals surface area contributed by atoms with Crippen LogP contribution in [0.2, 0.25) is 0 Å². The fraction of sp³-hybridized carbons (Fsp3) is 0.391. The van der Waals surface area contributed by atoms with Gasteiger partial charge in [-0.1, -0.05) is 36.4 Å². The molecule has 0 aliphatic carbocycles. The molecule has 2 aliphatic rings. The molecule has 2 aromatic rings. The molecule has 2 aliphatic heterocycles. The van der Waals surface area contributed by atoms with Crippen molar-refractivity contribution in [1.82, 2.24) is 14.8 Å². The van der Waals surface area contributed by atoms with Crippen molar-refractivity contribution < 1.29 is 4.79 Å². The molecule has 0 saturated carbocycles. The van der Waals surface area contributed by atoms with Gasteiger partial charge in [-0.3, -0.25) is 4.79 Å². The van der Waals surface area contributed by atoms with Gasteiger partial charge in [0, 0.05) is 39.3 Å². The lowest BCUT2D eigenvalue weighted by Crippen LogP contribution is -2.45. The summed E-state index contributed by atoms with van der Waals surface area (Å²) in [5.41, 5.74) is 4.46. The Balaban J connectivity index is 1.46. The Morgan fingerprint density at radius 1 is 0.964 bits per heavy atom. The van der Waals surface area contributed by atoms with Crippen molar-refractivity contribution in [3.05, 3.63) is 65.4 Å². The number of carbonyl (C=O) groups is 1. The third kappa shape index (κ3) is 3.94. The summed E-state index contributed by atoms with van der Waals surface area (Å²) in [5, 5.41) is 0. The Kier molecular flexibility index (Phi) is 5.44. The molecule has 1 aromatic heterocycles. The van der Waals surface area contributed by atoms with Crippen LogP contribution in [-0.4, -0.2) is 67.0 Å². The maximum Gasteiger partial charge on any atom is 0.272 e. The van der Waals surface area contributed by atoms with Crippen LogP contribution < -0.4 is 4.90 Å². The van der Waals surface area contributed by atoms with Crippen LogP contribution in [0.1, 0.15) is 28.0 Å². The van der Waals surface area contributed by atoms with E-state index < -0.39 is 0 Å². The van der Waals surface area contributed by atoms with Crippen LogP contribution in [0.3, 0.4) is 0 Å². The zero-order valence-electron chi connectivity index (χ0n) is 16.8. The normalized spacial score (nSPS) is 18.1. The summed E-state index contributed by atoms with van der Waals surface area (Å²) in [6.45, 7) is 7.47. The van der Waals surface area contributed by atoms with E-state index in [1.807, 2.05) is 23.1 Å². The number of piperazine rings is 1. The topological polar surface area (TPSA) is 39.7 Å². The van der Waals surface area contributed by atoms with Gasteiger partial charge in [-0.2, -0.15) is 0 Å². The second kappa shape index (κ2) is 8.15. The molecule has 1 saturated heterocycles. The molecule has 3 heterocycles. The number of pyridine rings is 1. The largest absolute Gasteiger partial charge is 0.354 e. The minimum absolute atomic E-state index is 0.0241. The lowest BCUT2D eigenvalue weighted by atomic mass is 9.95. The average molecular weight is 377 g/mol. The van der Waals surface area contributed by atoms with E-state index in [4.69, 9.17) is 0 Å². The smallest absolute Gasteiger partial charge is 0.272 e. The summed E-state index contributed by atoms with van der Waals surface area (Å²) < 4.78 is 0. The molecule has 1 fully saturated rings. The summed E-state index contributed by atoms with van der Waals surface area (Å²) in [7, 11) is 2.14. The number of benzene rings is 1. The summed E-state index contributed by atoms with van der Waals surface area (Å²) in [5.74, 6) is 0.933. The maximum atomic E-state index is 13.0. The number of hydrogen-bond acceptors (Lipinski definition) is 4. The third-order valence-electron chi connectivity index (χ3n) is 5.77. The maximum absolute atomic E-state index is 13.0. The van der Waals surface area contributed by atoms with Crippen LogP contribution in [0.5, 0.6) is 0 Å². The monoisotopic (exact) mass is 376 g/mol. The number of aryl methyl sites for hydroxylation is 1. The second-order valence-corrected chi connectivity index (χ2v) is 7.72. The zero-order chi connectivity index (χ0) is 19.5. The van der Waals surface area contributed by atoms with Gasteiger partial charge in [-0.05, 0) is 49.2 Å². The number of aromatic nitrogens is 1. The number of likely N-dealkylation sites (N-methyl/N-ethyl adjacent to an activating group) is 1. The summed E-state index contributed by atoms with van der Waals surface area (Å²) in [4.78, 5) is 24.2. The van der Waals surface area contributed by atoms with E-state index in [1.165, 1.54) is 16.7 Å².